The quantitative estimate of drug-likeness (QED) is 0.159. The van der Waals surface area contributed by atoms with Crippen LogP contribution >= 0.6 is 0 Å². The van der Waals surface area contributed by atoms with Gasteiger partial charge in [-0.2, -0.15) is 0 Å². The van der Waals surface area contributed by atoms with Crippen molar-refractivity contribution in [1.29, 1.82) is 0 Å². The second-order valence-electron chi connectivity index (χ2n) is 11.8. The molecule has 0 bridgehead atoms. The van der Waals surface area contributed by atoms with Crippen LogP contribution in [0.25, 0.3) is 0 Å². The number of rotatable bonds is 15. The third-order valence-electron chi connectivity index (χ3n) is 8.03. The van der Waals surface area contributed by atoms with Gasteiger partial charge < -0.3 is 15.0 Å². The fraction of sp³-hybridized carbons (Fsp3) is 0.316. The summed E-state index contributed by atoms with van der Waals surface area (Å²) in [6.45, 7) is 9.68. The van der Waals surface area contributed by atoms with E-state index in [1.54, 1.807) is 48.5 Å². The third-order valence-corrected chi connectivity index (χ3v) is 9.82. The molecular formula is C38H45N3O5S. The van der Waals surface area contributed by atoms with E-state index >= 15 is 0 Å². The number of nitrogens with one attached hydrogen (secondary N) is 1. The molecule has 2 amide bonds. The Morgan fingerprint density at radius 3 is 2.09 bits per heavy atom. The lowest BCUT2D eigenvalue weighted by molar-refractivity contribution is -0.140. The lowest BCUT2D eigenvalue weighted by Gasteiger charge is -2.34. The first-order valence-electron chi connectivity index (χ1n) is 16.0. The van der Waals surface area contributed by atoms with Crippen molar-refractivity contribution in [2.45, 2.75) is 71.0 Å². The number of amides is 2. The molecule has 0 fully saturated rings. The maximum atomic E-state index is 14.6. The molecule has 4 aromatic rings. The van der Waals surface area contributed by atoms with E-state index in [2.05, 4.69) is 5.32 Å². The number of anilines is 1. The zero-order chi connectivity index (χ0) is 34.0. The number of carbonyl (C=O) groups excluding carboxylic acids is 2. The molecule has 0 aromatic heterocycles. The van der Waals surface area contributed by atoms with Gasteiger partial charge in [-0.3, -0.25) is 13.9 Å². The first-order chi connectivity index (χ1) is 22.5. The van der Waals surface area contributed by atoms with Gasteiger partial charge >= 0.3 is 0 Å². The molecule has 0 saturated heterocycles. The van der Waals surface area contributed by atoms with E-state index in [1.807, 2.05) is 89.2 Å². The van der Waals surface area contributed by atoms with Gasteiger partial charge in [-0.15, -0.1) is 0 Å². The number of carbonyl (C=O) groups is 2. The molecule has 0 aliphatic heterocycles. The van der Waals surface area contributed by atoms with Crippen molar-refractivity contribution in [3.05, 3.63) is 125 Å². The average Bonchev–Trinajstić information content (AvgIpc) is 3.06. The summed E-state index contributed by atoms with van der Waals surface area (Å²) in [5, 5.41) is 3.07. The van der Waals surface area contributed by atoms with Crippen molar-refractivity contribution in [3.63, 3.8) is 0 Å². The molecule has 2 unspecified atom stereocenters. The first kappa shape index (κ1) is 35.2. The Bertz CT molecular complexity index is 1730. The molecule has 9 heteroatoms. The summed E-state index contributed by atoms with van der Waals surface area (Å²) < 4.78 is 35.2. The zero-order valence-corrected chi connectivity index (χ0v) is 28.7. The summed E-state index contributed by atoms with van der Waals surface area (Å²) in [5.74, 6) is -0.213. The molecule has 47 heavy (non-hydrogen) atoms. The van der Waals surface area contributed by atoms with Gasteiger partial charge in [-0.25, -0.2) is 8.42 Å². The normalized spacial score (nSPS) is 12.5. The lowest BCUT2D eigenvalue weighted by atomic mass is 10.0. The molecule has 0 spiro atoms. The summed E-state index contributed by atoms with van der Waals surface area (Å²) >= 11 is 0. The summed E-state index contributed by atoms with van der Waals surface area (Å²) in [7, 11) is -4.19. The van der Waals surface area contributed by atoms with Gasteiger partial charge in [0.1, 0.15) is 18.3 Å². The number of hydrogen-bond donors (Lipinski definition) is 1. The van der Waals surface area contributed by atoms with Crippen molar-refractivity contribution in [1.82, 2.24) is 10.2 Å². The lowest BCUT2D eigenvalue weighted by Crippen LogP contribution is -2.54. The van der Waals surface area contributed by atoms with E-state index in [0.29, 0.717) is 18.0 Å². The topological polar surface area (TPSA) is 96.0 Å². The van der Waals surface area contributed by atoms with Crippen LogP contribution in [0.2, 0.25) is 0 Å². The highest BCUT2D eigenvalue weighted by atomic mass is 32.2. The average molecular weight is 656 g/mol. The van der Waals surface area contributed by atoms with E-state index < -0.39 is 28.5 Å². The van der Waals surface area contributed by atoms with E-state index in [4.69, 9.17) is 4.74 Å². The minimum atomic E-state index is -4.19. The van der Waals surface area contributed by atoms with Crippen molar-refractivity contribution < 1.29 is 22.7 Å². The molecule has 0 aliphatic rings. The van der Waals surface area contributed by atoms with Crippen LogP contribution in [-0.2, 0) is 32.6 Å². The van der Waals surface area contributed by atoms with Gasteiger partial charge in [-0.1, -0.05) is 84.8 Å². The van der Waals surface area contributed by atoms with E-state index in [-0.39, 0.29) is 29.8 Å². The van der Waals surface area contributed by atoms with Gasteiger partial charge in [0.2, 0.25) is 11.8 Å². The highest BCUT2D eigenvalue weighted by molar-refractivity contribution is 7.92. The van der Waals surface area contributed by atoms with Crippen LogP contribution in [0, 0.1) is 13.8 Å². The van der Waals surface area contributed by atoms with Crippen LogP contribution in [0.4, 0.5) is 5.69 Å². The minimum absolute atomic E-state index is 0.0605. The van der Waals surface area contributed by atoms with Crippen molar-refractivity contribution in [2.24, 2.45) is 0 Å². The van der Waals surface area contributed by atoms with Gasteiger partial charge in [0.05, 0.1) is 17.2 Å². The highest BCUT2D eigenvalue weighted by Crippen LogP contribution is 2.27. The van der Waals surface area contributed by atoms with Crippen LogP contribution in [0.15, 0.2) is 108 Å². The summed E-state index contributed by atoms with van der Waals surface area (Å²) in [6, 6.07) is 29.5. The Kier molecular flexibility index (Phi) is 12.2. The van der Waals surface area contributed by atoms with Crippen molar-refractivity contribution >= 4 is 27.5 Å². The monoisotopic (exact) mass is 655 g/mol. The smallest absolute Gasteiger partial charge is 0.264 e. The summed E-state index contributed by atoms with van der Waals surface area (Å²) in [5.41, 5.74) is 3.95. The Morgan fingerprint density at radius 2 is 1.47 bits per heavy atom. The predicted molar refractivity (Wildman–Crippen MR) is 187 cm³/mol. The number of benzene rings is 4. The highest BCUT2D eigenvalue weighted by Gasteiger charge is 2.35. The van der Waals surface area contributed by atoms with E-state index in [9.17, 15) is 18.0 Å². The van der Waals surface area contributed by atoms with Crippen LogP contribution in [-0.4, -0.2) is 50.4 Å². The van der Waals surface area contributed by atoms with Crippen LogP contribution in [0.5, 0.6) is 5.75 Å². The summed E-state index contributed by atoms with van der Waals surface area (Å²) in [6.07, 6.45) is 0.977. The zero-order valence-electron chi connectivity index (χ0n) is 27.8. The number of sulfonamides is 1. The fourth-order valence-corrected chi connectivity index (χ4v) is 6.66. The van der Waals surface area contributed by atoms with Gasteiger partial charge in [0.25, 0.3) is 10.0 Å². The molecule has 2 atom stereocenters. The molecule has 4 aromatic carbocycles. The molecular weight excluding hydrogens is 611 g/mol. The Labute approximate surface area is 279 Å². The maximum absolute atomic E-state index is 14.6. The first-order valence-corrected chi connectivity index (χ1v) is 17.5. The van der Waals surface area contributed by atoms with Crippen molar-refractivity contribution in [2.75, 3.05) is 17.5 Å². The van der Waals surface area contributed by atoms with Crippen LogP contribution in [0.1, 0.15) is 49.4 Å². The molecule has 0 heterocycles. The molecule has 0 radical (unpaired) electrons. The second kappa shape index (κ2) is 16.3. The fourth-order valence-electron chi connectivity index (χ4n) is 5.24. The Balaban J connectivity index is 1.81. The molecule has 1 N–H and O–H groups in total. The molecule has 248 valence electrons. The predicted octanol–water partition coefficient (Wildman–Crippen LogP) is 6.45. The van der Waals surface area contributed by atoms with Crippen molar-refractivity contribution in [3.8, 4) is 5.75 Å². The van der Waals surface area contributed by atoms with E-state index in [0.717, 1.165) is 33.0 Å². The van der Waals surface area contributed by atoms with Crippen LogP contribution in [0.3, 0.4) is 0 Å². The standard InChI is InChI=1S/C38H45N3O5S/c1-6-30(5)39-38(43)36(25-31-13-9-8-10-14-31)40(26-32-15-11-12-29(4)24-32)37(42)27-41(33-18-20-34(21-19-33)46-7-2)47(44,45)35-22-16-28(3)17-23-35/h8-24,30,36H,6-7,25-27H2,1-5H3,(H,39,43). The van der Waals surface area contributed by atoms with Crippen LogP contribution < -0.4 is 14.4 Å². The number of nitrogens with zero attached hydrogens (tertiary/aromatic N) is 2. The number of aryl methyl sites for hydroxylation is 2. The number of hydrogen-bond acceptors (Lipinski definition) is 5. The molecule has 0 aliphatic carbocycles. The van der Waals surface area contributed by atoms with Gasteiger partial charge in [-0.05, 0) is 81.6 Å². The Morgan fingerprint density at radius 1 is 0.809 bits per heavy atom. The maximum Gasteiger partial charge on any atom is 0.264 e. The largest absolute Gasteiger partial charge is 0.494 e. The molecule has 0 saturated carbocycles. The van der Waals surface area contributed by atoms with E-state index in [1.165, 1.54) is 4.90 Å². The minimum Gasteiger partial charge on any atom is -0.494 e. The van der Waals surface area contributed by atoms with Gasteiger partial charge in [0, 0.05) is 19.0 Å². The number of ether oxygens (including phenoxy) is 1. The summed E-state index contributed by atoms with van der Waals surface area (Å²) in [4.78, 5) is 30.2. The molecule has 8 nitrogen and oxygen atoms in total. The van der Waals surface area contributed by atoms with Gasteiger partial charge in [0.15, 0.2) is 0 Å². The Hall–Kier alpha value is -4.63. The third kappa shape index (κ3) is 9.45. The second-order valence-corrected chi connectivity index (χ2v) is 13.6. The molecule has 4 rings (SSSR count). The SMILES string of the molecule is CCOc1ccc(N(CC(=O)N(Cc2cccc(C)c2)C(Cc2ccccc2)C(=O)NC(C)CC)S(=O)(=O)c2ccc(C)cc2)cc1.